The zero-order valence-electron chi connectivity index (χ0n) is 19.1. The molecule has 1 aliphatic rings. The molecule has 2 aromatic carbocycles. The van der Waals surface area contributed by atoms with E-state index in [4.69, 9.17) is 16.7 Å². The van der Waals surface area contributed by atoms with Crippen molar-refractivity contribution in [2.45, 2.75) is 39.7 Å². The van der Waals surface area contributed by atoms with Crippen molar-refractivity contribution in [1.82, 2.24) is 19.7 Å². The molecule has 4 aromatic rings. The zero-order chi connectivity index (χ0) is 24.0. The average Bonchev–Trinajstić information content (AvgIpc) is 3.14. The Morgan fingerprint density at radius 3 is 2.29 bits per heavy atom. The Kier molecular flexibility index (Phi) is 5.65. The van der Waals surface area contributed by atoms with Crippen LogP contribution in [0.25, 0.3) is 5.95 Å². The Hall–Kier alpha value is -3.58. The minimum Gasteiger partial charge on any atom is -0.292 e. The van der Waals surface area contributed by atoms with Crippen molar-refractivity contribution in [3.05, 3.63) is 99.2 Å². The van der Waals surface area contributed by atoms with Gasteiger partial charge in [0, 0.05) is 34.3 Å². The molecule has 0 spiro atoms. The summed E-state index contributed by atoms with van der Waals surface area (Å²) >= 11 is 6.11. The van der Waals surface area contributed by atoms with Crippen LogP contribution >= 0.6 is 11.6 Å². The summed E-state index contributed by atoms with van der Waals surface area (Å²) in [6, 6.07) is 15.6. The van der Waals surface area contributed by atoms with Crippen LogP contribution in [-0.2, 0) is 11.3 Å². The van der Waals surface area contributed by atoms with E-state index in [0.717, 1.165) is 33.8 Å². The first-order valence-corrected chi connectivity index (χ1v) is 11.4. The summed E-state index contributed by atoms with van der Waals surface area (Å²) in [6.07, 6.45) is 0.288. The van der Waals surface area contributed by atoms with Gasteiger partial charge in [-0.15, -0.1) is 0 Å². The van der Waals surface area contributed by atoms with Crippen LogP contribution in [0.3, 0.4) is 0 Å². The molecule has 34 heavy (non-hydrogen) atoms. The molecule has 0 N–H and O–H groups in total. The van der Waals surface area contributed by atoms with E-state index < -0.39 is 0 Å². The number of halogens is 2. The van der Waals surface area contributed by atoms with Gasteiger partial charge in [-0.2, -0.15) is 9.78 Å². The third kappa shape index (κ3) is 4.07. The normalized spacial score (nSPS) is 15.5. The topological polar surface area (TPSA) is 63.9 Å². The van der Waals surface area contributed by atoms with E-state index in [2.05, 4.69) is 9.97 Å². The molecule has 5 rings (SSSR count). The SMILES string of the molecule is Cc1cc(C)nc(-n2nc(C)c3c2N(Cc2ccc(F)cc2)C(=O)C[C@@H]3c2ccc(Cl)cc2)n1. The Morgan fingerprint density at radius 2 is 1.65 bits per heavy atom. The molecule has 172 valence electrons. The monoisotopic (exact) mass is 475 g/mol. The van der Waals surface area contributed by atoms with Crippen LogP contribution in [-0.4, -0.2) is 25.7 Å². The van der Waals surface area contributed by atoms with Crippen LogP contribution in [0.4, 0.5) is 10.2 Å². The minimum absolute atomic E-state index is 0.0534. The first kappa shape index (κ1) is 22.2. The molecule has 0 fully saturated rings. The molecule has 0 aliphatic carbocycles. The van der Waals surface area contributed by atoms with Crippen molar-refractivity contribution in [2.24, 2.45) is 0 Å². The van der Waals surface area contributed by atoms with Crippen LogP contribution in [0.5, 0.6) is 0 Å². The lowest BCUT2D eigenvalue weighted by Crippen LogP contribution is -2.38. The van der Waals surface area contributed by atoms with Gasteiger partial charge >= 0.3 is 0 Å². The third-order valence-corrected chi connectivity index (χ3v) is 6.30. The number of amides is 1. The van der Waals surface area contributed by atoms with E-state index in [1.54, 1.807) is 21.7 Å². The predicted molar refractivity (Wildman–Crippen MR) is 129 cm³/mol. The second kappa shape index (κ2) is 8.65. The van der Waals surface area contributed by atoms with Crippen LogP contribution in [0.15, 0.2) is 54.6 Å². The summed E-state index contributed by atoms with van der Waals surface area (Å²) in [5.74, 6) is 0.506. The quantitative estimate of drug-likeness (QED) is 0.394. The van der Waals surface area contributed by atoms with Crippen LogP contribution in [0, 0.1) is 26.6 Å². The van der Waals surface area contributed by atoms with Gasteiger partial charge in [0.25, 0.3) is 5.95 Å². The van der Waals surface area contributed by atoms with Crippen molar-refractivity contribution in [3.63, 3.8) is 0 Å². The number of anilines is 1. The molecule has 6 nitrogen and oxygen atoms in total. The highest BCUT2D eigenvalue weighted by Gasteiger charge is 2.38. The van der Waals surface area contributed by atoms with E-state index in [9.17, 15) is 9.18 Å². The summed E-state index contributed by atoms with van der Waals surface area (Å²) in [7, 11) is 0. The number of benzene rings is 2. The van der Waals surface area contributed by atoms with Crippen molar-refractivity contribution in [2.75, 3.05) is 4.90 Å². The maximum Gasteiger partial charge on any atom is 0.252 e. The summed E-state index contributed by atoms with van der Waals surface area (Å²) in [5, 5.41) is 5.43. The Labute approximate surface area is 202 Å². The molecule has 1 atom stereocenters. The van der Waals surface area contributed by atoms with Gasteiger partial charge in [0.1, 0.15) is 11.6 Å². The fourth-order valence-corrected chi connectivity index (χ4v) is 4.68. The molecular formula is C26H23ClFN5O. The van der Waals surface area contributed by atoms with Crippen molar-refractivity contribution < 1.29 is 9.18 Å². The van der Waals surface area contributed by atoms with E-state index in [-0.39, 0.29) is 30.6 Å². The summed E-state index contributed by atoms with van der Waals surface area (Å²) in [5.41, 5.74) is 5.18. The first-order valence-electron chi connectivity index (χ1n) is 11.0. The number of aryl methyl sites for hydroxylation is 3. The Balaban J connectivity index is 1.70. The second-order valence-corrected chi connectivity index (χ2v) is 9.04. The van der Waals surface area contributed by atoms with Gasteiger partial charge in [0.2, 0.25) is 5.91 Å². The van der Waals surface area contributed by atoms with Crippen LogP contribution in [0.2, 0.25) is 5.02 Å². The predicted octanol–water partition coefficient (Wildman–Crippen LogP) is 5.45. The highest BCUT2D eigenvalue weighted by molar-refractivity contribution is 6.30. The first-order chi connectivity index (χ1) is 16.3. The number of hydrogen-bond donors (Lipinski definition) is 0. The number of nitrogens with zero attached hydrogens (tertiary/aromatic N) is 5. The highest BCUT2D eigenvalue weighted by atomic mass is 35.5. The molecule has 2 aromatic heterocycles. The molecule has 8 heteroatoms. The van der Waals surface area contributed by atoms with Gasteiger partial charge in [-0.1, -0.05) is 35.9 Å². The largest absolute Gasteiger partial charge is 0.292 e. The number of carbonyl (C=O) groups excluding carboxylic acids is 1. The molecule has 0 saturated carbocycles. The van der Waals surface area contributed by atoms with Crippen molar-refractivity contribution >= 4 is 23.3 Å². The number of carbonyl (C=O) groups is 1. The number of fused-ring (bicyclic) bond motifs is 1. The van der Waals surface area contributed by atoms with Gasteiger partial charge in [0.15, 0.2) is 0 Å². The molecule has 0 bridgehead atoms. The fourth-order valence-electron chi connectivity index (χ4n) is 4.56. The maximum atomic E-state index is 13.5. The molecule has 0 unspecified atom stereocenters. The average molecular weight is 476 g/mol. The second-order valence-electron chi connectivity index (χ2n) is 8.60. The molecule has 1 amide bonds. The van der Waals surface area contributed by atoms with E-state index in [1.807, 2.05) is 51.1 Å². The smallest absolute Gasteiger partial charge is 0.252 e. The van der Waals surface area contributed by atoms with Gasteiger partial charge in [0.05, 0.1) is 12.2 Å². The van der Waals surface area contributed by atoms with Crippen LogP contribution in [0.1, 0.15) is 46.1 Å². The number of aromatic nitrogens is 4. The van der Waals surface area contributed by atoms with E-state index in [0.29, 0.717) is 16.8 Å². The molecule has 1 aliphatic heterocycles. The van der Waals surface area contributed by atoms with Crippen molar-refractivity contribution in [3.8, 4) is 5.95 Å². The lowest BCUT2D eigenvalue weighted by molar-refractivity contribution is -0.119. The standard InChI is InChI=1S/C26H23ClFN5O/c1-15-12-16(2)30-26(29-15)33-25-24(17(3)31-33)22(19-6-8-20(27)9-7-19)13-23(34)32(25)14-18-4-10-21(28)11-5-18/h4-12,22H,13-14H2,1-3H3/t22-/m1/s1. The van der Waals surface area contributed by atoms with Gasteiger partial charge < -0.3 is 0 Å². The van der Waals surface area contributed by atoms with Gasteiger partial charge in [-0.25, -0.2) is 14.4 Å². The fraction of sp³-hybridized carbons (Fsp3) is 0.231. The van der Waals surface area contributed by atoms with Gasteiger partial charge in [-0.3, -0.25) is 9.69 Å². The minimum atomic E-state index is -0.318. The number of rotatable bonds is 4. The Bertz CT molecular complexity index is 1360. The lowest BCUT2D eigenvalue weighted by atomic mass is 9.85. The van der Waals surface area contributed by atoms with Crippen LogP contribution < -0.4 is 4.90 Å². The van der Waals surface area contributed by atoms with E-state index in [1.165, 1.54) is 12.1 Å². The number of hydrogen-bond acceptors (Lipinski definition) is 4. The molecule has 0 radical (unpaired) electrons. The Morgan fingerprint density at radius 1 is 1.00 bits per heavy atom. The zero-order valence-corrected chi connectivity index (χ0v) is 19.8. The lowest BCUT2D eigenvalue weighted by Gasteiger charge is -2.33. The van der Waals surface area contributed by atoms with E-state index >= 15 is 0 Å². The summed E-state index contributed by atoms with van der Waals surface area (Å²) < 4.78 is 15.2. The molecule has 3 heterocycles. The molecule has 0 saturated heterocycles. The maximum absolute atomic E-state index is 13.5. The summed E-state index contributed by atoms with van der Waals surface area (Å²) in [6.45, 7) is 6.03. The van der Waals surface area contributed by atoms with Gasteiger partial charge in [-0.05, 0) is 62.2 Å². The highest BCUT2D eigenvalue weighted by Crippen LogP contribution is 2.43. The third-order valence-electron chi connectivity index (χ3n) is 6.05. The van der Waals surface area contributed by atoms with Crippen molar-refractivity contribution in [1.29, 1.82) is 0 Å². The molecular weight excluding hydrogens is 453 g/mol. The summed E-state index contributed by atoms with van der Waals surface area (Å²) in [4.78, 5) is 24.4.